The average Bonchev–Trinajstić information content (AvgIpc) is 3.22. The van der Waals surface area contributed by atoms with Gasteiger partial charge in [-0.05, 0) is 62.3 Å². The lowest BCUT2D eigenvalue weighted by Crippen LogP contribution is -2.50. The van der Waals surface area contributed by atoms with Crippen LogP contribution in [0.15, 0.2) is 29.6 Å². The Balaban J connectivity index is 1.77. The van der Waals surface area contributed by atoms with Crippen molar-refractivity contribution in [2.24, 2.45) is 0 Å². The SMILES string of the molecule is CCCN(CC(=O)N1CCc2sccc2[C@H]1COc1ccc(C)cc1C)C(=O)NCC. The van der Waals surface area contributed by atoms with E-state index in [9.17, 15) is 9.59 Å². The van der Waals surface area contributed by atoms with Crippen LogP contribution in [0, 0.1) is 13.8 Å². The molecule has 1 atom stereocenters. The quantitative estimate of drug-likeness (QED) is 0.661. The van der Waals surface area contributed by atoms with Crippen molar-refractivity contribution in [3.8, 4) is 5.75 Å². The predicted octanol–water partition coefficient (Wildman–Crippen LogP) is 4.31. The summed E-state index contributed by atoms with van der Waals surface area (Å²) in [5.74, 6) is 0.807. The van der Waals surface area contributed by atoms with Crippen LogP contribution in [0.2, 0.25) is 0 Å². The van der Waals surface area contributed by atoms with Gasteiger partial charge in [0.1, 0.15) is 18.9 Å². The van der Waals surface area contributed by atoms with Crippen LogP contribution in [-0.4, -0.2) is 54.5 Å². The lowest BCUT2D eigenvalue weighted by molar-refractivity contribution is -0.135. The number of hydrogen-bond donors (Lipinski definition) is 1. The second-order valence-electron chi connectivity index (χ2n) is 7.99. The Labute approximate surface area is 189 Å². The van der Waals surface area contributed by atoms with E-state index in [2.05, 4.69) is 29.8 Å². The maximum absolute atomic E-state index is 13.3. The van der Waals surface area contributed by atoms with Gasteiger partial charge in [-0.25, -0.2) is 4.79 Å². The molecule has 0 unspecified atom stereocenters. The monoisotopic (exact) mass is 443 g/mol. The van der Waals surface area contributed by atoms with Crippen molar-refractivity contribution in [2.75, 3.05) is 32.8 Å². The summed E-state index contributed by atoms with van der Waals surface area (Å²) in [6, 6.07) is 7.89. The number of nitrogens with one attached hydrogen (secondary N) is 1. The largest absolute Gasteiger partial charge is 0.491 e. The maximum Gasteiger partial charge on any atom is 0.317 e. The van der Waals surface area contributed by atoms with Gasteiger partial charge < -0.3 is 19.9 Å². The predicted molar refractivity (Wildman–Crippen MR) is 125 cm³/mol. The molecule has 0 fully saturated rings. The van der Waals surface area contributed by atoms with Gasteiger partial charge in [-0.3, -0.25) is 4.79 Å². The third kappa shape index (κ3) is 5.58. The fraction of sp³-hybridized carbons (Fsp3) is 0.500. The van der Waals surface area contributed by atoms with Gasteiger partial charge in [-0.1, -0.05) is 24.6 Å². The molecular weight excluding hydrogens is 410 g/mol. The van der Waals surface area contributed by atoms with Gasteiger partial charge in [-0.15, -0.1) is 11.3 Å². The fourth-order valence-corrected chi connectivity index (χ4v) is 4.97. The molecule has 0 saturated carbocycles. The molecule has 0 radical (unpaired) electrons. The Morgan fingerprint density at radius 1 is 1.26 bits per heavy atom. The summed E-state index contributed by atoms with van der Waals surface area (Å²) in [6.07, 6.45) is 1.64. The molecule has 1 N–H and O–H groups in total. The Kier molecular flexibility index (Phi) is 7.96. The second-order valence-corrected chi connectivity index (χ2v) is 8.99. The van der Waals surface area contributed by atoms with Crippen molar-refractivity contribution < 1.29 is 14.3 Å². The highest BCUT2D eigenvalue weighted by atomic mass is 32.1. The molecule has 0 saturated heterocycles. The Morgan fingerprint density at radius 2 is 2.06 bits per heavy atom. The Bertz CT molecular complexity index is 911. The lowest BCUT2D eigenvalue weighted by Gasteiger charge is -2.37. The van der Waals surface area contributed by atoms with E-state index in [1.807, 2.05) is 37.8 Å². The van der Waals surface area contributed by atoms with E-state index in [-0.39, 0.29) is 24.5 Å². The number of thiophene rings is 1. The molecule has 3 amide bonds. The zero-order valence-corrected chi connectivity index (χ0v) is 19.8. The van der Waals surface area contributed by atoms with Gasteiger partial charge in [0.05, 0.1) is 6.04 Å². The molecule has 0 bridgehead atoms. The summed E-state index contributed by atoms with van der Waals surface area (Å²) < 4.78 is 6.19. The molecule has 2 aromatic rings. The van der Waals surface area contributed by atoms with Crippen LogP contribution in [0.3, 0.4) is 0 Å². The maximum atomic E-state index is 13.3. The molecule has 1 aromatic carbocycles. The second kappa shape index (κ2) is 10.7. The molecule has 3 rings (SSSR count). The molecule has 31 heavy (non-hydrogen) atoms. The summed E-state index contributed by atoms with van der Waals surface area (Å²) in [6.45, 7) is 10.2. The van der Waals surface area contributed by atoms with Gasteiger partial charge >= 0.3 is 6.03 Å². The minimum Gasteiger partial charge on any atom is -0.491 e. The average molecular weight is 444 g/mol. The number of fused-ring (bicyclic) bond motifs is 1. The van der Waals surface area contributed by atoms with Gasteiger partial charge in [0.25, 0.3) is 0 Å². The first kappa shape index (κ1) is 23.1. The van der Waals surface area contributed by atoms with Crippen molar-refractivity contribution in [3.05, 3.63) is 51.2 Å². The number of aryl methyl sites for hydroxylation is 2. The molecule has 2 heterocycles. The minimum absolute atomic E-state index is 0.0363. The van der Waals surface area contributed by atoms with Crippen LogP contribution in [0.25, 0.3) is 0 Å². The molecule has 168 valence electrons. The zero-order chi connectivity index (χ0) is 22.4. The van der Waals surface area contributed by atoms with Crippen LogP contribution in [0.1, 0.15) is 47.9 Å². The number of urea groups is 1. The van der Waals surface area contributed by atoms with E-state index < -0.39 is 0 Å². The normalized spacial score (nSPS) is 15.4. The van der Waals surface area contributed by atoms with E-state index in [1.54, 1.807) is 16.2 Å². The van der Waals surface area contributed by atoms with E-state index in [1.165, 1.54) is 10.4 Å². The van der Waals surface area contributed by atoms with Crippen LogP contribution in [0.4, 0.5) is 4.79 Å². The molecule has 6 nitrogen and oxygen atoms in total. The first-order valence-corrected chi connectivity index (χ1v) is 11.9. The summed E-state index contributed by atoms with van der Waals surface area (Å²) in [5.41, 5.74) is 3.44. The molecule has 0 spiro atoms. The van der Waals surface area contributed by atoms with Crippen molar-refractivity contribution in [2.45, 2.75) is 46.6 Å². The molecule has 1 aromatic heterocycles. The number of ether oxygens (including phenoxy) is 1. The number of carbonyl (C=O) groups is 2. The standard InChI is InChI=1S/C24H33N3O3S/c1-5-11-26(24(29)25-6-2)15-23(28)27-12-9-22-19(10-13-31-22)20(27)16-30-21-8-7-17(3)14-18(21)4/h7-8,10,13-14,20H,5-6,9,11-12,15-16H2,1-4H3,(H,25,29)/t20-/m1/s1. The summed E-state index contributed by atoms with van der Waals surface area (Å²) in [4.78, 5) is 30.5. The first-order chi connectivity index (χ1) is 14.9. The number of rotatable bonds is 8. The number of nitrogens with zero attached hydrogens (tertiary/aromatic N) is 2. The third-order valence-electron chi connectivity index (χ3n) is 5.58. The summed E-state index contributed by atoms with van der Waals surface area (Å²) in [5, 5.41) is 4.90. The first-order valence-electron chi connectivity index (χ1n) is 11.0. The number of hydrogen-bond acceptors (Lipinski definition) is 4. The van der Waals surface area contributed by atoms with Crippen molar-refractivity contribution >= 4 is 23.3 Å². The summed E-state index contributed by atoms with van der Waals surface area (Å²) in [7, 11) is 0. The Hall–Kier alpha value is -2.54. The minimum atomic E-state index is -0.186. The van der Waals surface area contributed by atoms with E-state index in [4.69, 9.17) is 4.74 Å². The fourth-order valence-electron chi connectivity index (χ4n) is 4.04. The molecule has 1 aliphatic rings. The lowest BCUT2D eigenvalue weighted by atomic mass is 10.00. The van der Waals surface area contributed by atoms with E-state index in [0.29, 0.717) is 26.2 Å². The Morgan fingerprint density at radius 3 is 2.77 bits per heavy atom. The third-order valence-corrected chi connectivity index (χ3v) is 6.57. The molecule has 7 heteroatoms. The van der Waals surface area contributed by atoms with Gasteiger partial charge in [-0.2, -0.15) is 0 Å². The zero-order valence-electron chi connectivity index (χ0n) is 18.9. The van der Waals surface area contributed by atoms with Crippen molar-refractivity contribution in [1.29, 1.82) is 0 Å². The highest BCUT2D eigenvalue weighted by Gasteiger charge is 2.33. The van der Waals surface area contributed by atoms with Gasteiger partial charge in [0.2, 0.25) is 5.91 Å². The molecular formula is C24H33N3O3S. The highest BCUT2D eigenvalue weighted by molar-refractivity contribution is 7.10. The van der Waals surface area contributed by atoms with Crippen molar-refractivity contribution in [3.63, 3.8) is 0 Å². The molecule has 1 aliphatic heterocycles. The smallest absolute Gasteiger partial charge is 0.317 e. The van der Waals surface area contributed by atoms with Crippen LogP contribution >= 0.6 is 11.3 Å². The highest BCUT2D eigenvalue weighted by Crippen LogP contribution is 2.34. The molecule has 0 aliphatic carbocycles. The van der Waals surface area contributed by atoms with E-state index in [0.717, 1.165) is 29.7 Å². The number of benzene rings is 1. The van der Waals surface area contributed by atoms with Gasteiger partial charge in [0.15, 0.2) is 0 Å². The number of carbonyl (C=O) groups excluding carboxylic acids is 2. The van der Waals surface area contributed by atoms with Gasteiger partial charge in [0, 0.05) is 24.5 Å². The van der Waals surface area contributed by atoms with Crippen LogP contribution < -0.4 is 10.1 Å². The van der Waals surface area contributed by atoms with Crippen LogP contribution in [0.5, 0.6) is 5.75 Å². The van der Waals surface area contributed by atoms with Crippen LogP contribution in [-0.2, 0) is 11.2 Å². The topological polar surface area (TPSA) is 61.9 Å². The van der Waals surface area contributed by atoms with Crippen molar-refractivity contribution in [1.82, 2.24) is 15.1 Å². The van der Waals surface area contributed by atoms with E-state index >= 15 is 0 Å². The summed E-state index contributed by atoms with van der Waals surface area (Å²) >= 11 is 1.74. The number of amides is 3.